The number of amides is 1. The van der Waals surface area contributed by atoms with Crippen molar-refractivity contribution in [1.29, 1.82) is 0 Å². The summed E-state index contributed by atoms with van der Waals surface area (Å²) in [5.74, 6) is -0.439. The summed E-state index contributed by atoms with van der Waals surface area (Å²) in [4.78, 5) is 15.5. The molecule has 1 N–H and O–H groups in total. The van der Waals surface area contributed by atoms with Gasteiger partial charge in [0, 0.05) is 24.0 Å². The third-order valence-corrected chi connectivity index (χ3v) is 2.64. The summed E-state index contributed by atoms with van der Waals surface area (Å²) < 4.78 is 45.4. The zero-order valence-corrected chi connectivity index (χ0v) is 11.8. The second-order valence-electron chi connectivity index (χ2n) is 4.36. The summed E-state index contributed by atoms with van der Waals surface area (Å²) in [5, 5.41) is 2.62. The molecule has 1 aromatic heterocycles. The fourth-order valence-electron chi connectivity index (χ4n) is 1.70. The van der Waals surface area contributed by atoms with E-state index in [-0.39, 0.29) is 30.6 Å². The van der Waals surface area contributed by atoms with Crippen molar-refractivity contribution in [3.63, 3.8) is 0 Å². The lowest BCUT2D eigenvalue weighted by Gasteiger charge is -2.11. The van der Waals surface area contributed by atoms with E-state index in [4.69, 9.17) is 4.74 Å². The summed E-state index contributed by atoms with van der Waals surface area (Å²) >= 11 is 0. The average Bonchev–Trinajstić information content (AvgIpc) is 2.51. The number of hydrogen-bond donors (Lipinski definition) is 1. The highest BCUT2D eigenvalue weighted by atomic mass is 19.4. The molecule has 23 heavy (non-hydrogen) atoms. The maximum absolute atomic E-state index is 12.1. The van der Waals surface area contributed by atoms with E-state index < -0.39 is 6.36 Å². The van der Waals surface area contributed by atoms with Gasteiger partial charge >= 0.3 is 6.36 Å². The van der Waals surface area contributed by atoms with E-state index in [1.165, 1.54) is 30.6 Å². The van der Waals surface area contributed by atoms with Crippen molar-refractivity contribution in [3.8, 4) is 11.5 Å². The highest BCUT2D eigenvalue weighted by Gasteiger charge is 2.31. The fourth-order valence-corrected chi connectivity index (χ4v) is 1.70. The highest BCUT2D eigenvalue weighted by molar-refractivity contribution is 5.93. The van der Waals surface area contributed by atoms with Gasteiger partial charge in [-0.05, 0) is 24.3 Å². The molecule has 1 heterocycles. The van der Waals surface area contributed by atoms with E-state index in [1.807, 2.05) is 0 Å². The summed E-state index contributed by atoms with van der Waals surface area (Å²) in [6.45, 7) is 0.303. The molecule has 5 nitrogen and oxygen atoms in total. The highest BCUT2D eigenvalue weighted by Crippen LogP contribution is 2.25. The molecule has 0 saturated carbocycles. The Balaban J connectivity index is 1.78. The Morgan fingerprint density at radius 2 is 1.83 bits per heavy atom. The first-order valence-electron chi connectivity index (χ1n) is 6.61. The number of carbonyl (C=O) groups excluding carboxylic acids is 1. The molecule has 1 amide bonds. The second-order valence-corrected chi connectivity index (χ2v) is 4.36. The van der Waals surface area contributed by atoms with E-state index in [9.17, 15) is 18.0 Å². The van der Waals surface area contributed by atoms with E-state index >= 15 is 0 Å². The van der Waals surface area contributed by atoms with Crippen LogP contribution in [0.1, 0.15) is 10.4 Å². The average molecular weight is 326 g/mol. The first-order valence-corrected chi connectivity index (χ1v) is 6.61. The Morgan fingerprint density at radius 1 is 1.13 bits per heavy atom. The summed E-state index contributed by atoms with van der Waals surface area (Å²) in [6.07, 6.45) is -1.76. The Morgan fingerprint density at radius 3 is 2.52 bits per heavy atom. The number of carbonyl (C=O) groups is 1. The van der Waals surface area contributed by atoms with Gasteiger partial charge in [0.15, 0.2) is 0 Å². The Labute approximate surface area is 130 Å². The number of nitrogens with one attached hydrogen (secondary N) is 1. The molecule has 0 fully saturated rings. The van der Waals surface area contributed by atoms with E-state index in [1.54, 1.807) is 12.1 Å². The van der Waals surface area contributed by atoms with Crippen molar-refractivity contribution in [2.45, 2.75) is 6.36 Å². The fraction of sp³-hybridized carbons (Fsp3) is 0.200. The molecule has 2 aromatic rings. The Hall–Kier alpha value is -2.77. The van der Waals surface area contributed by atoms with Gasteiger partial charge in [-0.15, -0.1) is 13.2 Å². The van der Waals surface area contributed by atoms with Crippen LogP contribution in [0.3, 0.4) is 0 Å². The van der Waals surface area contributed by atoms with Crippen molar-refractivity contribution < 1.29 is 27.4 Å². The zero-order chi connectivity index (χ0) is 16.7. The van der Waals surface area contributed by atoms with Gasteiger partial charge in [0.2, 0.25) is 0 Å². The van der Waals surface area contributed by atoms with Crippen LogP contribution in [-0.2, 0) is 0 Å². The third-order valence-electron chi connectivity index (χ3n) is 2.64. The van der Waals surface area contributed by atoms with E-state index in [0.29, 0.717) is 5.56 Å². The molecule has 0 aliphatic heterocycles. The van der Waals surface area contributed by atoms with Crippen LogP contribution >= 0.6 is 0 Å². The van der Waals surface area contributed by atoms with Crippen LogP contribution in [0.25, 0.3) is 0 Å². The van der Waals surface area contributed by atoms with Crippen molar-refractivity contribution in [2.75, 3.05) is 13.2 Å². The minimum absolute atomic E-state index is 0.103. The van der Waals surface area contributed by atoms with Crippen LogP contribution < -0.4 is 14.8 Å². The van der Waals surface area contributed by atoms with Crippen LogP contribution in [-0.4, -0.2) is 30.4 Å². The number of benzene rings is 1. The van der Waals surface area contributed by atoms with Gasteiger partial charge in [0.1, 0.15) is 18.1 Å². The summed E-state index contributed by atoms with van der Waals surface area (Å²) in [5.41, 5.74) is 0.459. The van der Waals surface area contributed by atoms with Gasteiger partial charge < -0.3 is 14.8 Å². The summed E-state index contributed by atoms with van der Waals surface area (Å²) in [7, 11) is 0. The molecule has 0 spiro atoms. The van der Waals surface area contributed by atoms with Crippen LogP contribution in [0.15, 0.2) is 48.8 Å². The molecule has 0 atom stereocenters. The number of ether oxygens (including phenoxy) is 2. The molecule has 0 aliphatic rings. The third kappa shape index (κ3) is 5.85. The molecule has 2 rings (SSSR count). The Bertz CT molecular complexity index is 648. The number of nitrogens with zero attached hydrogens (tertiary/aromatic N) is 1. The van der Waals surface area contributed by atoms with Gasteiger partial charge in [0.25, 0.3) is 5.91 Å². The standard InChI is InChI=1S/C15H13F3N2O3/c16-15(17,18)23-13-3-1-2-12(10-13)22-9-8-20-14(21)11-4-6-19-7-5-11/h1-7,10H,8-9H2,(H,20,21). The molecular weight excluding hydrogens is 313 g/mol. The van der Waals surface area contributed by atoms with Crippen molar-refractivity contribution >= 4 is 5.91 Å². The number of halogens is 3. The maximum atomic E-state index is 12.1. The second kappa shape index (κ2) is 7.48. The van der Waals surface area contributed by atoms with Gasteiger partial charge in [-0.3, -0.25) is 9.78 Å². The monoisotopic (exact) mass is 326 g/mol. The number of aromatic nitrogens is 1. The normalized spacial score (nSPS) is 10.9. The topological polar surface area (TPSA) is 60.5 Å². The molecular formula is C15H13F3N2O3. The predicted octanol–water partition coefficient (Wildman–Crippen LogP) is 2.79. The van der Waals surface area contributed by atoms with Gasteiger partial charge in [-0.1, -0.05) is 6.07 Å². The molecule has 8 heteroatoms. The van der Waals surface area contributed by atoms with E-state index in [2.05, 4.69) is 15.0 Å². The van der Waals surface area contributed by atoms with Crippen LogP contribution in [0.5, 0.6) is 11.5 Å². The number of hydrogen-bond acceptors (Lipinski definition) is 4. The molecule has 122 valence electrons. The molecule has 0 aliphatic carbocycles. The Kier molecular flexibility index (Phi) is 5.40. The number of alkyl halides is 3. The van der Waals surface area contributed by atoms with Crippen LogP contribution in [0.4, 0.5) is 13.2 Å². The number of rotatable bonds is 6. The first-order chi connectivity index (χ1) is 10.9. The zero-order valence-electron chi connectivity index (χ0n) is 11.8. The number of pyridine rings is 1. The molecule has 0 unspecified atom stereocenters. The largest absolute Gasteiger partial charge is 0.573 e. The van der Waals surface area contributed by atoms with Crippen molar-refractivity contribution in [2.24, 2.45) is 0 Å². The lowest BCUT2D eigenvalue weighted by atomic mass is 10.2. The quantitative estimate of drug-likeness (QED) is 0.829. The van der Waals surface area contributed by atoms with E-state index in [0.717, 1.165) is 6.07 Å². The van der Waals surface area contributed by atoms with Gasteiger partial charge in [-0.25, -0.2) is 0 Å². The predicted molar refractivity (Wildman–Crippen MR) is 75.2 cm³/mol. The molecule has 0 bridgehead atoms. The minimum Gasteiger partial charge on any atom is -0.492 e. The lowest BCUT2D eigenvalue weighted by Crippen LogP contribution is -2.28. The SMILES string of the molecule is O=C(NCCOc1cccc(OC(F)(F)F)c1)c1ccncc1. The maximum Gasteiger partial charge on any atom is 0.573 e. The van der Waals surface area contributed by atoms with Crippen molar-refractivity contribution in [3.05, 3.63) is 54.4 Å². The van der Waals surface area contributed by atoms with Crippen LogP contribution in [0, 0.1) is 0 Å². The lowest BCUT2D eigenvalue weighted by molar-refractivity contribution is -0.274. The van der Waals surface area contributed by atoms with Gasteiger partial charge in [0.05, 0.1) is 6.54 Å². The van der Waals surface area contributed by atoms with Gasteiger partial charge in [-0.2, -0.15) is 0 Å². The summed E-state index contributed by atoms with van der Waals surface area (Å²) in [6, 6.07) is 8.30. The smallest absolute Gasteiger partial charge is 0.492 e. The molecule has 0 radical (unpaired) electrons. The molecule has 1 aromatic carbocycles. The van der Waals surface area contributed by atoms with Crippen molar-refractivity contribution in [1.82, 2.24) is 10.3 Å². The first kappa shape index (κ1) is 16.6. The molecule has 0 saturated heterocycles. The minimum atomic E-state index is -4.75. The van der Waals surface area contributed by atoms with Crippen LogP contribution in [0.2, 0.25) is 0 Å².